The van der Waals surface area contributed by atoms with Crippen molar-refractivity contribution in [2.45, 2.75) is 13.1 Å². The molecule has 1 N–H and O–H groups in total. The zero-order chi connectivity index (χ0) is 10.1. The van der Waals surface area contributed by atoms with Crippen molar-refractivity contribution in [3.05, 3.63) is 48.2 Å². The van der Waals surface area contributed by atoms with Gasteiger partial charge in [-0.1, -0.05) is 30.3 Å². The van der Waals surface area contributed by atoms with Gasteiger partial charge in [0.15, 0.2) is 0 Å². The molecule has 1 aliphatic rings. The van der Waals surface area contributed by atoms with Crippen LogP contribution in [-0.2, 0) is 13.1 Å². The zero-order valence-corrected chi connectivity index (χ0v) is 8.61. The standard InChI is InChI=1S/C13H14N2/c1-2-4-11(5-3-1)13-7-6-12-10-14-8-9-15(12)13/h1-7,14H,8-10H2. The Morgan fingerprint density at radius 1 is 1.00 bits per heavy atom. The van der Waals surface area contributed by atoms with Crippen LogP contribution in [0.15, 0.2) is 42.5 Å². The maximum Gasteiger partial charge on any atom is 0.0483 e. The highest BCUT2D eigenvalue weighted by atomic mass is 15.1. The fraction of sp³-hybridized carbons (Fsp3) is 0.231. The molecule has 76 valence electrons. The normalized spacial score (nSPS) is 14.9. The number of hydrogen-bond acceptors (Lipinski definition) is 1. The van der Waals surface area contributed by atoms with Crippen LogP contribution < -0.4 is 5.32 Å². The molecular weight excluding hydrogens is 184 g/mol. The first-order valence-electron chi connectivity index (χ1n) is 5.40. The summed E-state index contributed by atoms with van der Waals surface area (Å²) in [5.41, 5.74) is 4.04. The average Bonchev–Trinajstić information content (AvgIpc) is 2.74. The summed E-state index contributed by atoms with van der Waals surface area (Å²) >= 11 is 0. The molecule has 0 atom stereocenters. The summed E-state index contributed by atoms with van der Waals surface area (Å²) < 4.78 is 2.41. The van der Waals surface area contributed by atoms with Crippen LogP contribution in [0, 0.1) is 0 Å². The van der Waals surface area contributed by atoms with Gasteiger partial charge in [0.2, 0.25) is 0 Å². The molecule has 15 heavy (non-hydrogen) atoms. The van der Waals surface area contributed by atoms with Crippen LogP contribution in [0.1, 0.15) is 5.69 Å². The molecule has 1 aromatic heterocycles. The van der Waals surface area contributed by atoms with E-state index in [-0.39, 0.29) is 0 Å². The minimum absolute atomic E-state index is 0.993. The number of hydrogen-bond donors (Lipinski definition) is 1. The fourth-order valence-electron chi connectivity index (χ4n) is 2.20. The van der Waals surface area contributed by atoms with E-state index in [1.165, 1.54) is 17.0 Å². The molecule has 0 saturated carbocycles. The smallest absolute Gasteiger partial charge is 0.0483 e. The van der Waals surface area contributed by atoms with Crippen molar-refractivity contribution in [1.29, 1.82) is 0 Å². The molecule has 0 spiro atoms. The van der Waals surface area contributed by atoms with E-state index in [0.29, 0.717) is 0 Å². The third-order valence-electron chi connectivity index (χ3n) is 2.96. The molecule has 0 amide bonds. The number of fused-ring (bicyclic) bond motifs is 1. The monoisotopic (exact) mass is 198 g/mol. The minimum atomic E-state index is 0.993. The minimum Gasteiger partial charge on any atom is -0.342 e. The van der Waals surface area contributed by atoms with Gasteiger partial charge in [0.05, 0.1) is 0 Å². The Balaban J connectivity index is 2.09. The summed E-state index contributed by atoms with van der Waals surface area (Å²) in [5.74, 6) is 0. The van der Waals surface area contributed by atoms with Crippen LogP contribution in [0.4, 0.5) is 0 Å². The van der Waals surface area contributed by atoms with Gasteiger partial charge < -0.3 is 9.88 Å². The molecule has 3 rings (SSSR count). The Morgan fingerprint density at radius 3 is 2.73 bits per heavy atom. The molecule has 2 heterocycles. The van der Waals surface area contributed by atoms with E-state index in [4.69, 9.17) is 0 Å². The van der Waals surface area contributed by atoms with Crippen molar-refractivity contribution in [2.75, 3.05) is 6.54 Å². The van der Waals surface area contributed by atoms with Crippen LogP contribution in [0.3, 0.4) is 0 Å². The largest absolute Gasteiger partial charge is 0.342 e. The van der Waals surface area contributed by atoms with Crippen LogP contribution in [0.5, 0.6) is 0 Å². The van der Waals surface area contributed by atoms with E-state index in [9.17, 15) is 0 Å². The van der Waals surface area contributed by atoms with Crippen LogP contribution >= 0.6 is 0 Å². The van der Waals surface area contributed by atoms with Gasteiger partial charge in [0, 0.05) is 31.0 Å². The number of nitrogens with zero attached hydrogens (tertiary/aromatic N) is 1. The molecule has 0 saturated heterocycles. The Kier molecular flexibility index (Phi) is 2.07. The van der Waals surface area contributed by atoms with E-state index in [0.717, 1.165) is 19.6 Å². The highest BCUT2D eigenvalue weighted by Gasteiger charge is 2.12. The molecule has 1 aromatic carbocycles. The number of rotatable bonds is 1. The molecule has 0 bridgehead atoms. The lowest BCUT2D eigenvalue weighted by molar-refractivity contribution is 0.520. The van der Waals surface area contributed by atoms with E-state index >= 15 is 0 Å². The average molecular weight is 198 g/mol. The predicted molar refractivity (Wildman–Crippen MR) is 61.6 cm³/mol. The second kappa shape index (κ2) is 3.55. The maximum atomic E-state index is 3.38. The Morgan fingerprint density at radius 2 is 1.87 bits per heavy atom. The molecule has 2 heteroatoms. The van der Waals surface area contributed by atoms with Gasteiger partial charge in [-0.3, -0.25) is 0 Å². The third-order valence-corrected chi connectivity index (χ3v) is 2.96. The lowest BCUT2D eigenvalue weighted by atomic mass is 10.1. The first-order valence-corrected chi connectivity index (χ1v) is 5.40. The van der Waals surface area contributed by atoms with Gasteiger partial charge in [0.1, 0.15) is 0 Å². The third kappa shape index (κ3) is 1.47. The molecule has 0 aliphatic carbocycles. The van der Waals surface area contributed by atoms with E-state index in [1.807, 2.05) is 0 Å². The summed E-state index contributed by atoms with van der Waals surface area (Å²) in [5, 5.41) is 3.38. The Labute approximate surface area is 89.5 Å². The molecule has 1 aliphatic heterocycles. The molecule has 0 unspecified atom stereocenters. The van der Waals surface area contributed by atoms with Gasteiger partial charge in [-0.25, -0.2) is 0 Å². The molecule has 0 fully saturated rings. The van der Waals surface area contributed by atoms with Crippen LogP contribution in [0.2, 0.25) is 0 Å². The van der Waals surface area contributed by atoms with Gasteiger partial charge in [-0.15, -0.1) is 0 Å². The van der Waals surface area contributed by atoms with E-state index in [2.05, 4.69) is 52.3 Å². The van der Waals surface area contributed by atoms with Crippen LogP contribution in [0.25, 0.3) is 11.3 Å². The summed E-state index contributed by atoms with van der Waals surface area (Å²) in [6, 6.07) is 15.0. The fourth-order valence-corrected chi connectivity index (χ4v) is 2.20. The van der Waals surface area contributed by atoms with Crippen molar-refractivity contribution in [1.82, 2.24) is 9.88 Å². The number of benzene rings is 1. The van der Waals surface area contributed by atoms with Crippen LogP contribution in [-0.4, -0.2) is 11.1 Å². The molecular formula is C13H14N2. The number of aromatic nitrogens is 1. The lowest BCUT2D eigenvalue weighted by Crippen LogP contribution is -2.27. The summed E-state index contributed by atoms with van der Waals surface area (Å²) in [6.45, 7) is 3.14. The van der Waals surface area contributed by atoms with E-state index < -0.39 is 0 Å². The van der Waals surface area contributed by atoms with Gasteiger partial charge in [-0.05, 0) is 17.7 Å². The van der Waals surface area contributed by atoms with Crippen molar-refractivity contribution >= 4 is 0 Å². The summed E-state index contributed by atoms with van der Waals surface area (Å²) in [4.78, 5) is 0. The summed E-state index contributed by atoms with van der Waals surface area (Å²) in [6.07, 6.45) is 0. The van der Waals surface area contributed by atoms with Crippen molar-refractivity contribution in [3.8, 4) is 11.3 Å². The Hall–Kier alpha value is -1.54. The van der Waals surface area contributed by atoms with Gasteiger partial charge >= 0.3 is 0 Å². The van der Waals surface area contributed by atoms with Crippen molar-refractivity contribution < 1.29 is 0 Å². The molecule has 0 radical (unpaired) electrons. The molecule has 2 nitrogen and oxygen atoms in total. The second-order valence-corrected chi connectivity index (χ2v) is 3.90. The highest BCUT2D eigenvalue weighted by molar-refractivity contribution is 5.60. The Bertz CT molecular complexity index is 457. The first-order chi connectivity index (χ1) is 7.45. The lowest BCUT2D eigenvalue weighted by Gasteiger charge is -2.19. The van der Waals surface area contributed by atoms with Gasteiger partial charge in [-0.2, -0.15) is 0 Å². The zero-order valence-electron chi connectivity index (χ0n) is 8.61. The highest BCUT2D eigenvalue weighted by Crippen LogP contribution is 2.23. The van der Waals surface area contributed by atoms with Crippen molar-refractivity contribution in [2.24, 2.45) is 0 Å². The SMILES string of the molecule is c1ccc(-c2ccc3n2CCNC3)cc1. The van der Waals surface area contributed by atoms with Crippen molar-refractivity contribution in [3.63, 3.8) is 0 Å². The first kappa shape index (κ1) is 8.74. The number of nitrogens with one attached hydrogen (secondary N) is 1. The second-order valence-electron chi connectivity index (χ2n) is 3.90. The van der Waals surface area contributed by atoms with E-state index in [1.54, 1.807) is 0 Å². The summed E-state index contributed by atoms with van der Waals surface area (Å²) in [7, 11) is 0. The van der Waals surface area contributed by atoms with Gasteiger partial charge in [0.25, 0.3) is 0 Å². The topological polar surface area (TPSA) is 17.0 Å². The molecule has 2 aromatic rings. The maximum absolute atomic E-state index is 3.38. The quantitative estimate of drug-likeness (QED) is 0.743. The predicted octanol–water partition coefficient (Wildman–Crippen LogP) is 2.26.